The average molecular weight is 301 g/mol. The van der Waals surface area contributed by atoms with E-state index in [1.54, 1.807) is 18.2 Å². The Hall–Kier alpha value is -2.51. The van der Waals surface area contributed by atoms with Gasteiger partial charge in [-0.05, 0) is 55.8 Å². The molecule has 0 aliphatic heterocycles. The Labute approximate surface area is 127 Å². The normalized spacial score (nSPS) is 11.2. The van der Waals surface area contributed by atoms with Crippen LogP contribution in [0.4, 0.5) is 0 Å². The summed E-state index contributed by atoms with van der Waals surface area (Å²) in [6.07, 6.45) is 1.39. The number of aliphatic carboxylic acids is 1. The van der Waals surface area contributed by atoms with Crippen LogP contribution in [0.5, 0.6) is 0 Å². The molecular weight excluding hydrogens is 288 g/mol. The summed E-state index contributed by atoms with van der Waals surface area (Å²) in [4.78, 5) is 10.9. The summed E-state index contributed by atoms with van der Waals surface area (Å²) in [5.74, 6) is -1.23. The summed E-state index contributed by atoms with van der Waals surface area (Å²) in [5, 5.41) is 18.4. The topological polar surface area (TPSA) is 66.0 Å². The Bertz CT molecular complexity index is 765. The van der Waals surface area contributed by atoms with Gasteiger partial charge in [0.05, 0.1) is 0 Å². The average Bonchev–Trinajstić information content (AvgIpc) is 2.71. The molecule has 0 saturated heterocycles. The fourth-order valence-corrected chi connectivity index (χ4v) is 2.34. The van der Waals surface area contributed by atoms with Crippen molar-refractivity contribution in [3.05, 3.63) is 57.9 Å². The maximum absolute atomic E-state index is 10.9. The minimum atomic E-state index is -1.23. The second-order valence-corrected chi connectivity index (χ2v) is 5.05. The molecule has 2 rings (SSSR count). The maximum Gasteiger partial charge on any atom is 0.346 e. The molecule has 1 heterocycles. The maximum atomic E-state index is 10.9. The number of nitriles is 1. The zero-order chi connectivity index (χ0) is 15.6. The van der Waals surface area contributed by atoms with Crippen molar-refractivity contribution in [3.63, 3.8) is 0 Å². The van der Waals surface area contributed by atoms with Crippen molar-refractivity contribution >= 4 is 23.6 Å². The quantitative estimate of drug-likeness (QED) is 0.693. The van der Waals surface area contributed by atoms with Gasteiger partial charge in [0, 0.05) is 22.1 Å². The van der Waals surface area contributed by atoms with Crippen LogP contribution in [0.2, 0.25) is 5.02 Å². The fourth-order valence-electron chi connectivity index (χ4n) is 2.22. The summed E-state index contributed by atoms with van der Waals surface area (Å²) in [5.41, 5.74) is 3.17. The summed E-state index contributed by atoms with van der Waals surface area (Å²) in [7, 11) is 0. The molecule has 0 spiro atoms. The Balaban J connectivity index is 2.55. The number of hydrogen-bond acceptors (Lipinski definition) is 2. The number of aromatic nitrogens is 1. The molecule has 2 aromatic rings. The van der Waals surface area contributed by atoms with E-state index in [-0.39, 0.29) is 5.57 Å². The SMILES string of the molecule is Cc1cc(/C=C(/C#N)C(=O)O)c(C)n1-c1ccc(Cl)cc1. The van der Waals surface area contributed by atoms with Crippen LogP contribution < -0.4 is 0 Å². The molecule has 0 radical (unpaired) electrons. The molecule has 0 aliphatic carbocycles. The third-order valence-corrected chi connectivity index (χ3v) is 3.46. The Morgan fingerprint density at radius 3 is 2.48 bits per heavy atom. The van der Waals surface area contributed by atoms with E-state index in [1.807, 2.05) is 36.6 Å². The predicted molar refractivity (Wildman–Crippen MR) is 81.5 cm³/mol. The number of aryl methyl sites for hydroxylation is 1. The lowest BCUT2D eigenvalue weighted by atomic mass is 10.1. The Morgan fingerprint density at radius 2 is 1.95 bits per heavy atom. The van der Waals surface area contributed by atoms with E-state index in [2.05, 4.69) is 0 Å². The van der Waals surface area contributed by atoms with Crippen LogP contribution in [-0.4, -0.2) is 15.6 Å². The first-order chi connectivity index (χ1) is 9.93. The Morgan fingerprint density at radius 1 is 1.33 bits per heavy atom. The highest BCUT2D eigenvalue weighted by Crippen LogP contribution is 2.23. The molecule has 0 bridgehead atoms. The van der Waals surface area contributed by atoms with Gasteiger partial charge < -0.3 is 9.67 Å². The number of benzene rings is 1. The number of nitrogens with zero attached hydrogens (tertiary/aromatic N) is 2. The van der Waals surface area contributed by atoms with Crippen molar-refractivity contribution in [3.8, 4) is 11.8 Å². The molecule has 0 fully saturated rings. The third-order valence-electron chi connectivity index (χ3n) is 3.21. The van der Waals surface area contributed by atoms with Gasteiger partial charge in [0.2, 0.25) is 0 Å². The smallest absolute Gasteiger partial charge is 0.346 e. The summed E-state index contributed by atoms with van der Waals surface area (Å²) in [6, 6.07) is 10.9. The van der Waals surface area contributed by atoms with Crippen molar-refractivity contribution in [2.45, 2.75) is 13.8 Å². The molecule has 106 valence electrons. The molecule has 1 aromatic carbocycles. The number of hydrogen-bond donors (Lipinski definition) is 1. The second kappa shape index (κ2) is 5.86. The second-order valence-electron chi connectivity index (χ2n) is 4.61. The summed E-state index contributed by atoms with van der Waals surface area (Å²) in [6.45, 7) is 3.80. The fraction of sp³-hybridized carbons (Fsp3) is 0.125. The number of halogens is 1. The van der Waals surface area contributed by atoms with Gasteiger partial charge in [0.1, 0.15) is 11.6 Å². The van der Waals surface area contributed by atoms with E-state index >= 15 is 0 Å². The van der Waals surface area contributed by atoms with Crippen LogP contribution in [0.1, 0.15) is 17.0 Å². The summed E-state index contributed by atoms with van der Waals surface area (Å²) < 4.78 is 1.99. The van der Waals surface area contributed by atoms with Gasteiger partial charge in [-0.1, -0.05) is 11.6 Å². The highest BCUT2D eigenvalue weighted by atomic mass is 35.5. The van der Waals surface area contributed by atoms with Crippen molar-refractivity contribution in [1.29, 1.82) is 5.26 Å². The van der Waals surface area contributed by atoms with Gasteiger partial charge in [-0.2, -0.15) is 5.26 Å². The van der Waals surface area contributed by atoms with Gasteiger partial charge in [-0.25, -0.2) is 4.79 Å². The molecule has 1 aromatic heterocycles. The minimum absolute atomic E-state index is 0.286. The molecule has 21 heavy (non-hydrogen) atoms. The molecule has 0 aliphatic rings. The molecule has 0 amide bonds. The van der Waals surface area contributed by atoms with E-state index < -0.39 is 5.97 Å². The third kappa shape index (κ3) is 2.99. The first-order valence-electron chi connectivity index (χ1n) is 6.24. The first kappa shape index (κ1) is 14.9. The van der Waals surface area contributed by atoms with Gasteiger partial charge in [0.25, 0.3) is 0 Å². The van der Waals surface area contributed by atoms with Crippen molar-refractivity contribution in [2.24, 2.45) is 0 Å². The molecule has 0 saturated carbocycles. The number of carbonyl (C=O) groups is 1. The van der Waals surface area contributed by atoms with Gasteiger partial charge in [-0.3, -0.25) is 0 Å². The van der Waals surface area contributed by atoms with Crippen molar-refractivity contribution in [2.75, 3.05) is 0 Å². The standard InChI is InChI=1S/C16H13ClN2O2/c1-10-7-12(8-13(9-18)16(20)21)11(2)19(10)15-5-3-14(17)4-6-15/h3-8H,1-2H3,(H,20,21)/b13-8-. The van der Waals surface area contributed by atoms with Crippen LogP contribution in [0.25, 0.3) is 11.8 Å². The van der Waals surface area contributed by atoms with E-state index in [0.29, 0.717) is 10.6 Å². The molecular formula is C16H13ClN2O2. The highest BCUT2D eigenvalue weighted by molar-refractivity contribution is 6.30. The molecule has 1 N–H and O–H groups in total. The zero-order valence-corrected chi connectivity index (χ0v) is 12.3. The van der Waals surface area contributed by atoms with E-state index in [4.69, 9.17) is 22.0 Å². The van der Waals surface area contributed by atoms with Crippen LogP contribution in [-0.2, 0) is 4.79 Å². The number of rotatable bonds is 3. The van der Waals surface area contributed by atoms with Gasteiger partial charge >= 0.3 is 5.97 Å². The van der Waals surface area contributed by atoms with Crippen molar-refractivity contribution in [1.82, 2.24) is 4.57 Å². The van der Waals surface area contributed by atoms with E-state index in [9.17, 15) is 4.79 Å². The molecule has 0 atom stereocenters. The van der Waals surface area contributed by atoms with Crippen LogP contribution in [0.3, 0.4) is 0 Å². The van der Waals surface area contributed by atoms with Gasteiger partial charge in [-0.15, -0.1) is 0 Å². The van der Waals surface area contributed by atoms with Crippen molar-refractivity contribution < 1.29 is 9.90 Å². The largest absolute Gasteiger partial charge is 0.477 e. The first-order valence-corrected chi connectivity index (χ1v) is 6.62. The number of carboxylic acid groups (broad SMARTS) is 1. The number of carboxylic acids is 1. The summed E-state index contributed by atoms with van der Waals surface area (Å²) >= 11 is 5.89. The van der Waals surface area contributed by atoms with E-state index in [1.165, 1.54) is 6.08 Å². The van der Waals surface area contributed by atoms with E-state index in [0.717, 1.165) is 17.1 Å². The molecule has 5 heteroatoms. The molecule has 0 unspecified atom stereocenters. The zero-order valence-electron chi connectivity index (χ0n) is 11.6. The van der Waals surface area contributed by atoms with Crippen LogP contribution >= 0.6 is 11.6 Å². The minimum Gasteiger partial charge on any atom is -0.477 e. The van der Waals surface area contributed by atoms with Gasteiger partial charge in [0.15, 0.2) is 0 Å². The predicted octanol–water partition coefficient (Wildman–Crippen LogP) is 3.74. The molecule has 4 nitrogen and oxygen atoms in total. The monoisotopic (exact) mass is 300 g/mol. The lowest BCUT2D eigenvalue weighted by Gasteiger charge is -2.09. The highest BCUT2D eigenvalue weighted by Gasteiger charge is 2.12. The lowest BCUT2D eigenvalue weighted by Crippen LogP contribution is -2.00. The Kier molecular flexibility index (Phi) is 4.15. The lowest BCUT2D eigenvalue weighted by molar-refractivity contribution is -0.132. The van der Waals surface area contributed by atoms with Crippen LogP contribution in [0.15, 0.2) is 35.9 Å². The van der Waals surface area contributed by atoms with Crippen LogP contribution in [0, 0.1) is 25.2 Å².